The number of carbonyl (C=O) groups excluding carboxylic acids is 1. The first-order valence-electron chi connectivity index (χ1n) is 6.52. The summed E-state index contributed by atoms with van der Waals surface area (Å²) in [5.74, 6) is 0.192. The average Bonchev–Trinajstić information content (AvgIpc) is 2.96. The van der Waals surface area contributed by atoms with Gasteiger partial charge in [0.1, 0.15) is 5.54 Å². The summed E-state index contributed by atoms with van der Waals surface area (Å²) in [4.78, 5) is 12.5. The second-order valence-corrected chi connectivity index (χ2v) is 6.06. The summed E-state index contributed by atoms with van der Waals surface area (Å²) in [7, 11) is 0. The van der Waals surface area contributed by atoms with Crippen molar-refractivity contribution in [1.82, 2.24) is 5.16 Å². The van der Waals surface area contributed by atoms with Gasteiger partial charge < -0.3 is 15.0 Å². The fraction of sp³-hybridized carbons (Fsp3) is 0.692. The Balaban J connectivity index is 1.82. The molecule has 6 heteroatoms. The molecule has 1 amide bonds. The van der Waals surface area contributed by atoms with E-state index in [1.807, 2.05) is 13.8 Å². The number of rotatable bonds is 2. The second kappa shape index (κ2) is 3.80. The monoisotopic (exact) mass is 265 g/mol. The van der Waals surface area contributed by atoms with Gasteiger partial charge in [-0.05, 0) is 13.3 Å². The highest BCUT2D eigenvalue weighted by molar-refractivity contribution is 5.99. The number of amides is 1. The van der Waals surface area contributed by atoms with E-state index in [1.54, 1.807) is 13.0 Å². The number of ether oxygens (including phenoxy) is 1. The van der Waals surface area contributed by atoms with Crippen molar-refractivity contribution in [3.05, 3.63) is 11.8 Å². The van der Waals surface area contributed by atoms with Crippen molar-refractivity contribution in [3.63, 3.8) is 0 Å². The molecule has 2 fully saturated rings. The fourth-order valence-corrected chi connectivity index (χ4v) is 3.48. The predicted molar refractivity (Wildman–Crippen MR) is 68.4 cm³/mol. The molecule has 2 heterocycles. The summed E-state index contributed by atoms with van der Waals surface area (Å²) >= 11 is 0. The van der Waals surface area contributed by atoms with Gasteiger partial charge in [-0.25, -0.2) is 0 Å². The van der Waals surface area contributed by atoms with Crippen LogP contribution in [0.3, 0.4) is 0 Å². The lowest BCUT2D eigenvalue weighted by Gasteiger charge is -2.60. The maximum Gasteiger partial charge on any atom is 0.247 e. The van der Waals surface area contributed by atoms with E-state index in [1.165, 1.54) is 0 Å². The molecule has 0 spiro atoms. The number of fused-ring (bicyclic) bond motifs is 1. The van der Waals surface area contributed by atoms with Crippen molar-refractivity contribution in [2.45, 2.75) is 38.8 Å². The molecule has 2 aliphatic rings. The van der Waals surface area contributed by atoms with E-state index in [0.29, 0.717) is 12.5 Å². The number of anilines is 1. The van der Waals surface area contributed by atoms with Crippen molar-refractivity contribution >= 4 is 11.8 Å². The van der Waals surface area contributed by atoms with Gasteiger partial charge in [-0.15, -0.1) is 0 Å². The second-order valence-electron chi connectivity index (χ2n) is 6.06. The number of nitrogens with zero attached hydrogens (tertiary/aromatic N) is 1. The Labute approximate surface area is 111 Å². The normalized spacial score (nSPS) is 35.6. The molecule has 1 aromatic heterocycles. The number of nitrogens with two attached hydrogens (primary N) is 1. The molecule has 104 valence electrons. The Morgan fingerprint density at radius 1 is 1.58 bits per heavy atom. The first-order chi connectivity index (χ1) is 8.87. The van der Waals surface area contributed by atoms with Gasteiger partial charge in [0.2, 0.25) is 11.8 Å². The molecule has 1 aliphatic heterocycles. The number of hydrogen-bond donors (Lipinski definition) is 2. The van der Waals surface area contributed by atoms with Crippen molar-refractivity contribution in [1.29, 1.82) is 0 Å². The third kappa shape index (κ3) is 1.50. The van der Waals surface area contributed by atoms with Gasteiger partial charge in [0.05, 0.1) is 11.8 Å². The summed E-state index contributed by atoms with van der Waals surface area (Å²) in [5, 5.41) is 6.47. The largest absolute Gasteiger partial charge is 0.377 e. The van der Waals surface area contributed by atoms with Crippen LogP contribution in [-0.4, -0.2) is 29.3 Å². The minimum absolute atomic E-state index is 0.0692. The molecule has 1 aliphatic carbocycles. The first kappa shape index (κ1) is 12.6. The van der Waals surface area contributed by atoms with E-state index in [2.05, 4.69) is 10.5 Å². The molecule has 1 aromatic rings. The third-order valence-electron chi connectivity index (χ3n) is 4.69. The number of nitrogens with one attached hydrogen (secondary N) is 1. The molecule has 0 aromatic carbocycles. The molecular weight excluding hydrogens is 246 g/mol. The van der Waals surface area contributed by atoms with Gasteiger partial charge in [0.15, 0.2) is 0 Å². The smallest absolute Gasteiger partial charge is 0.247 e. The Morgan fingerprint density at radius 2 is 2.32 bits per heavy atom. The Hall–Kier alpha value is -1.40. The van der Waals surface area contributed by atoms with E-state index in [4.69, 9.17) is 15.0 Å². The minimum atomic E-state index is -0.922. The number of aromatic nitrogens is 1. The van der Waals surface area contributed by atoms with E-state index >= 15 is 0 Å². The van der Waals surface area contributed by atoms with Crippen molar-refractivity contribution in [2.24, 2.45) is 17.1 Å². The van der Waals surface area contributed by atoms with Gasteiger partial charge >= 0.3 is 0 Å². The molecule has 3 N–H and O–H groups in total. The quantitative estimate of drug-likeness (QED) is 0.834. The van der Waals surface area contributed by atoms with Crippen LogP contribution in [0.15, 0.2) is 10.6 Å². The van der Waals surface area contributed by atoms with Crippen LogP contribution in [-0.2, 0) is 9.53 Å². The molecule has 3 rings (SSSR count). The van der Waals surface area contributed by atoms with Crippen molar-refractivity contribution in [3.8, 4) is 0 Å². The Morgan fingerprint density at radius 3 is 2.95 bits per heavy atom. The van der Waals surface area contributed by atoms with Crippen LogP contribution >= 0.6 is 0 Å². The summed E-state index contributed by atoms with van der Waals surface area (Å²) in [6, 6.07) is 1.68. The molecule has 0 radical (unpaired) electrons. The van der Waals surface area contributed by atoms with E-state index in [0.717, 1.165) is 12.1 Å². The van der Waals surface area contributed by atoms with Crippen LogP contribution in [0.4, 0.5) is 5.88 Å². The zero-order chi connectivity index (χ0) is 13.8. The average molecular weight is 265 g/mol. The Bertz CT molecular complexity index is 525. The van der Waals surface area contributed by atoms with Crippen LogP contribution in [0, 0.1) is 18.3 Å². The highest BCUT2D eigenvalue weighted by Crippen LogP contribution is 2.58. The van der Waals surface area contributed by atoms with E-state index < -0.39 is 5.54 Å². The minimum Gasteiger partial charge on any atom is -0.377 e. The van der Waals surface area contributed by atoms with Gasteiger partial charge in [0.25, 0.3) is 0 Å². The summed E-state index contributed by atoms with van der Waals surface area (Å²) in [6.45, 7) is 6.42. The van der Waals surface area contributed by atoms with Crippen molar-refractivity contribution in [2.75, 3.05) is 11.9 Å². The number of aryl methyl sites for hydroxylation is 1. The SMILES string of the molecule is Cc1cc(NC(=O)C2(N)C3CCOC3C2(C)C)on1. The topological polar surface area (TPSA) is 90.4 Å². The molecule has 0 bridgehead atoms. The zero-order valence-corrected chi connectivity index (χ0v) is 11.4. The van der Waals surface area contributed by atoms with Crippen LogP contribution < -0.4 is 11.1 Å². The van der Waals surface area contributed by atoms with Crippen LogP contribution in [0.25, 0.3) is 0 Å². The van der Waals surface area contributed by atoms with Gasteiger partial charge in [0, 0.05) is 24.0 Å². The first-order valence-corrected chi connectivity index (χ1v) is 6.52. The molecule has 1 saturated carbocycles. The van der Waals surface area contributed by atoms with Gasteiger partial charge in [-0.3, -0.25) is 10.1 Å². The van der Waals surface area contributed by atoms with E-state index in [-0.39, 0.29) is 23.3 Å². The summed E-state index contributed by atoms with van der Waals surface area (Å²) < 4.78 is 10.7. The van der Waals surface area contributed by atoms with E-state index in [9.17, 15) is 4.79 Å². The predicted octanol–water partition coefficient (Wildman–Crippen LogP) is 1.06. The van der Waals surface area contributed by atoms with Gasteiger partial charge in [-0.1, -0.05) is 19.0 Å². The van der Waals surface area contributed by atoms with Crippen LogP contribution in [0.1, 0.15) is 26.0 Å². The maximum atomic E-state index is 12.5. The molecule has 3 atom stereocenters. The lowest BCUT2D eigenvalue weighted by Crippen LogP contribution is -2.79. The van der Waals surface area contributed by atoms with Crippen LogP contribution in [0.2, 0.25) is 0 Å². The van der Waals surface area contributed by atoms with Gasteiger partial charge in [-0.2, -0.15) is 0 Å². The molecular formula is C13H19N3O3. The summed E-state index contributed by atoms with van der Waals surface area (Å²) in [6.07, 6.45) is 0.896. The Kier molecular flexibility index (Phi) is 2.53. The van der Waals surface area contributed by atoms with Crippen LogP contribution in [0.5, 0.6) is 0 Å². The lowest BCUT2D eigenvalue weighted by molar-refractivity contribution is -0.170. The maximum absolute atomic E-state index is 12.5. The molecule has 3 unspecified atom stereocenters. The fourth-order valence-electron chi connectivity index (χ4n) is 3.48. The van der Waals surface area contributed by atoms with Crippen molar-refractivity contribution < 1.29 is 14.1 Å². The summed E-state index contributed by atoms with van der Waals surface area (Å²) in [5.41, 5.74) is 5.83. The lowest BCUT2D eigenvalue weighted by atomic mass is 9.48. The third-order valence-corrected chi connectivity index (χ3v) is 4.69. The molecule has 6 nitrogen and oxygen atoms in total. The number of hydrogen-bond acceptors (Lipinski definition) is 5. The molecule has 1 saturated heterocycles. The molecule has 19 heavy (non-hydrogen) atoms. The highest BCUT2D eigenvalue weighted by Gasteiger charge is 2.71. The standard InChI is InChI=1S/C13H19N3O3/c1-7-6-9(19-16-7)15-11(17)13(14)8-4-5-18-10(8)12(13,2)3/h6,8,10H,4-5,14H2,1-3H3,(H,15,17). The number of carbonyl (C=O) groups is 1. The zero-order valence-electron chi connectivity index (χ0n) is 11.4. The highest BCUT2D eigenvalue weighted by atomic mass is 16.5.